The largest absolute Gasteiger partial charge is 0.495 e. The normalized spacial score (nSPS) is 18.6. The Bertz CT molecular complexity index is 844. The topological polar surface area (TPSA) is 67.9 Å². The van der Waals surface area contributed by atoms with E-state index in [2.05, 4.69) is 5.32 Å². The number of ether oxygens (including phenoxy) is 2. The van der Waals surface area contributed by atoms with Gasteiger partial charge < -0.3 is 14.8 Å². The number of amides is 2. The third-order valence-corrected chi connectivity index (χ3v) is 5.82. The molecule has 1 saturated heterocycles. The maximum Gasteiger partial charge on any atom is 0.329 e. The number of methoxy groups -OCH3 is 1. The molecule has 2 amide bonds. The quantitative estimate of drug-likeness (QED) is 0.703. The summed E-state index contributed by atoms with van der Waals surface area (Å²) in [6.45, 7) is 4.29. The lowest BCUT2D eigenvalue weighted by Gasteiger charge is -2.29. The van der Waals surface area contributed by atoms with Crippen molar-refractivity contribution in [1.82, 2.24) is 4.90 Å². The Morgan fingerprint density at radius 2 is 1.83 bits per heavy atom. The molecule has 7 heteroatoms. The number of carbonyl (C=O) groups is 2. The first kappa shape index (κ1) is 21.0. The van der Waals surface area contributed by atoms with Crippen molar-refractivity contribution in [2.24, 2.45) is 5.92 Å². The first-order chi connectivity index (χ1) is 14.0. The molecule has 0 saturated carbocycles. The van der Waals surface area contributed by atoms with Crippen LogP contribution in [-0.4, -0.2) is 42.4 Å². The number of nitrogens with one attached hydrogen (secondary N) is 1. The maximum absolute atomic E-state index is 13.3. The molecule has 0 aromatic heterocycles. The van der Waals surface area contributed by atoms with Gasteiger partial charge in [0.2, 0.25) is 0 Å². The molecular formula is C22H26N2O4S. The van der Waals surface area contributed by atoms with Crippen molar-refractivity contribution >= 4 is 29.4 Å². The van der Waals surface area contributed by atoms with Crippen LogP contribution < -0.4 is 10.1 Å². The number of anilines is 1. The molecule has 1 fully saturated rings. The Hall–Kier alpha value is -2.67. The van der Waals surface area contributed by atoms with Gasteiger partial charge in [0.1, 0.15) is 17.2 Å². The van der Waals surface area contributed by atoms with Crippen LogP contribution in [0.25, 0.3) is 0 Å². The second kappa shape index (κ2) is 9.69. The summed E-state index contributed by atoms with van der Waals surface area (Å²) >= 11 is 1.56. The highest BCUT2D eigenvalue weighted by molar-refractivity contribution is 7.99. The molecule has 2 unspecified atom stereocenters. The fourth-order valence-corrected chi connectivity index (χ4v) is 4.50. The number of esters is 1. The molecule has 2 atom stereocenters. The van der Waals surface area contributed by atoms with Gasteiger partial charge in [-0.05, 0) is 23.6 Å². The number of benzene rings is 2. The van der Waals surface area contributed by atoms with Crippen LogP contribution >= 0.6 is 11.8 Å². The molecule has 29 heavy (non-hydrogen) atoms. The number of carbonyl (C=O) groups excluding carboxylic acids is 2. The molecule has 1 aliphatic heterocycles. The van der Waals surface area contributed by atoms with Gasteiger partial charge in [0.15, 0.2) is 0 Å². The van der Waals surface area contributed by atoms with Gasteiger partial charge in [-0.1, -0.05) is 56.3 Å². The van der Waals surface area contributed by atoms with Crippen LogP contribution in [0.2, 0.25) is 0 Å². The minimum atomic E-state index is -0.654. The first-order valence-corrected chi connectivity index (χ1v) is 10.6. The summed E-state index contributed by atoms with van der Waals surface area (Å²) in [5.74, 6) is 0.895. The highest BCUT2D eigenvalue weighted by atomic mass is 32.2. The van der Waals surface area contributed by atoms with Crippen molar-refractivity contribution in [2.75, 3.05) is 24.8 Å². The number of para-hydroxylation sites is 2. The molecule has 6 nitrogen and oxygen atoms in total. The predicted octanol–water partition coefficient (Wildman–Crippen LogP) is 4.54. The van der Waals surface area contributed by atoms with Gasteiger partial charge in [0.05, 0.1) is 19.4 Å². The summed E-state index contributed by atoms with van der Waals surface area (Å²) in [5, 5.41) is 2.62. The van der Waals surface area contributed by atoms with Gasteiger partial charge in [-0.15, -0.1) is 11.8 Å². The van der Waals surface area contributed by atoms with E-state index in [4.69, 9.17) is 9.47 Å². The first-order valence-electron chi connectivity index (χ1n) is 9.56. The molecule has 0 radical (unpaired) electrons. The second-order valence-corrected chi connectivity index (χ2v) is 8.29. The van der Waals surface area contributed by atoms with Crippen LogP contribution in [0.15, 0.2) is 54.6 Å². The van der Waals surface area contributed by atoms with E-state index in [1.54, 1.807) is 35.9 Å². The van der Waals surface area contributed by atoms with Crippen LogP contribution in [-0.2, 0) is 9.53 Å². The Morgan fingerprint density at radius 1 is 1.14 bits per heavy atom. The van der Waals surface area contributed by atoms with E-state index < -0.39 is 6.04 Å². The van der Waals surface area contributed by atoms with E-state index in [1.165, 1.54) is 0 Å². The summed E-state index contributed by atoms with van der Waals surface area (Å²) in [4.78, 5) is 27.6. The van der Waals surface area contributed by atoms with E-state index in [1.807, 2.05) is 56.3 Å². The van der Waals surface area contributed by atoms with Crippen molar-refractivity contribution in [1.29, 1.82) is 0 Å². The van der Waals surface area contributed by atoms with Crippen molar-refractivity contribution in [3.8, 4) is 5.75 Å². The Kier molecular flexibility index (Phi) is 7.04. The molecule has 0 bridgehead atoms. The zero-order valence-corrected chi connectivity index (χ0v) is 17.6. The zero-order chi connectivity index (χ0) is 20.8. The van der Waals surface area contributed by atoms with Gasteiger partial charge in [-0.2, -0.15) is 0 Å². The standard InChI is InChI=1S/C22H26N2O4S/c1-15(2)13-28-21(25)18-14-29-20(16-9-5-4-6-10-16)24(18)22(26)23-17-11-7-8-12-19(17)27-3/h4-12,15,18,20H,13-14H2,1-3H3,(H,23,26). The summed E-state index contributed by atoms with van der Waals surface area (Å²) in [6.07, 6.45) is 0. The lowest BCUT2D eigenvalue weighted by molar-refractivity contribution is -0.149. The molecule has 1 aliphatic rings. The van der Waals surface area contributed by atoms with Crippen LogP contribution in [0.1, 0.15) is 24.8 Å². The Morgan fingerprint density at radius 3 is 2.52 bits per heavy atom. The average Bonchev–Trinajstić information content (AvgIpc) is 3.18. The minimum absolute atomic E-state index is 0.230. The molecule has 154 valence electrons. The van der Waals surface area contributed by atoms with E-state index >= 15 is 0 Å². The molecule has 0 spiro atoms. The number of nitrogens with zero attached hydrogens (tertiary/aromatic N) is 1. The number of hydrogen-bond donors (Lipinski definition) is 1. The van der Waals surface area contributed by atoms with Gasteiger partial charge in [0.25, 0.3) is 0 Å². The molecule has 2 aromatic rings. The number of hydrogen-bond acceptors (Lipinski definition) is 5. The SMILES string of the molecule is COc1ccccc1NC(=O)N1C(C(=O)OCC(C)C)CSC1c1ccccc1. The molecular weight excluding hydrogens is 388 g/mol. The van der Waals surface area contributed by atoms with E-state index in [0.717, 1.165) is 5.56 Å². The molecule has 1 heterocycles. The van der Waals surface area contributed by atoms with Crippen LogP contribution in [0.3, 0.4) is 0 Å². The second-order valence-electron chi connectivity index (χ2n) is 7.17. The van der Waals surface area contributed by atoms with Gasteiger partial charge in [-0.25, -0.2) is 9.59 Å². The van der Waals surface area contributed by atoms with Gasteiger partial charge in [0, 0.05) is 5.75 Å². The highest BCUT2D eigenvalue weighted by Gasteiger charge is 2.43. The van der Waals surface area contributed by atoms with Crippen LogP contribution in [0.4, 0.5) is 10.5 Å². The average molecular weight is 415 g/mol. The van der Waals surface area contributed by atoms with Crippen LogP contribution in [0.5, 0.6) is 5.75 Å². The number of rotatable bonds is 6. The smallest absolute Gasteiger partial charge is 0.329 e. The van der Waals surface area contributed by atoms with Crippen molar-refractivity contribution in [2.45, 2.75) is 25.3 Å². The van der Waals surface area contributed by atoms with Crippen molar-refractivity contribution in [3.63, 3.8) is 0 Å². The van der Waals surface area contributed by atoms with Crippen LogP contribution in [0, 0.1) is 5.92 Å². The number of urea groups is 1. The molecule has 2 aromatic carbocycles. The maximum atomic E-state index is 13.3. The fraction of sp³-hybridized carbons (Fsp3) is 0.364. The summed E-state index contributed by atoms with van der Waals surface area (Å²) in [7, 11) is 1.55. The lowest BCUT2D eigenvalue weighted by atomic mass is 10.2. The zero-order valence-electron chi connectivity index (χ0n) is 16.8. The molecule has 3 rings (SSSR count). The molecule has 0 aliphatic carbocycles. The third-order valence-electron chi connectivity index (χ3n) is 4.50. The van der Waals surface area contributed by atoms with Gasteiger partial charge in [-0.3, -0.25) is 4.90 Å². The fourth-order valence-electron chi connectivity index (χ4n) is 3.08. The highest BCUT2D eigenvalue weighted by Crippen LogP contribution is 2.42. The Balaban J connectivity index is 1.86. The molecule has 1 N–H and O–H groups in total. The van der Waals surface area contributed by atoms with Crippen molar-refractivity contribution < 1.29 is 19.1 Å². The minimum Gasteiger partial charge on any atom is -0.495 e. The van der Waals surface area contributed by atoms with E-state index in [0.29, 0.717) is 23.8 Å². The third kappa shape index (κ3) is 5.03. The van der Waals surface area contributed by atoms with Gasteiger partial charge >= 0.3 is 12.0 Å². The van der Waals surface area contributed by atoms with E-state index in [9.17, 15) is 9.59 Å². The predicted molar refractivity (Wildman–Crippen MR) is 115 cm³/mol. The van der Waals surface area contributed by atoms with E-state index in [-0.39, 0.29) is 23.3 Å². The number of thioether (sulfide) groups is 1. The Labute approximate surface area is 175 Å². The summed E-state index contributed by atoms with van der Waals surface area (Å²) < 4.78 is 10.8. The lowest BCUT2D eigenvalue weighted by Crippen LogP contribution is -2.46. The monoisotopic (exact) mass is 414 g/mol. The summed E-state index contributed by atoms with van der Waals surface area (Å²) in [5.41, 5.74) is 1.52. The summed E-state index contributed by atoms with van der Waals surface area (Å²) in [6, 6.07) is 15.9. The van der Waals surface area contributed by atoms with Crippen molar-refractivity contribution in [3.05, 3.63) is 60.2 Å².